The molecule has 0 spiro atoms. The molecule has 1 saturated heterocycles. The van der Waals surface area contributed by atoms with Crippen LogP contribution in [0, 0.1) is 5.41 Å². The van der Waals surface area contributed by atoms with E-state index in [0.29, 0.717) is 5.41 Å². The van der Waals surface area contributed by atoms with Gasteiger partial charge in [-0.05, 0) is 51.4 Å². The van der Waals surface area contributed by atoms with Gasteiger partial charge in [0.25, 0.3) is 0 Å². The Bertz CT molecular complexity index is 181. The van der Waals surface area contributed by atoms with Gasteiger partial charge in [-0.2, -0.15) is 0 Å². The highest BCUT2D eigenvalue weighted by molar-refractivity contribution is 4.82. The summed E-state index contributed by atoms with van der Waals surface area (Å²) in [5, 5.41) is 0. The number of hydrogen-bond acceptors (Lipinski definition) is 3. The normalized spacial score (nSPS) is 21.0. The highest BCUT2D eigenvalue weighted by atomic mass is 15.2. The Kier molecular flexibility index (Phi) is 5.73. The highest BCUT2D eigenvalue weighted by Crippen LogP contribution is 2.26. The number of nitrogens with zero attached hydrogens (tertiary/aromatic N) is 2. The van der Waals surface area contributed by atoms with Gasteiger partial charge in [0.1, 0.15) is 0 Å². The van der Waals surface area contributed by atoms with Crippen LogP contribution >= 0.6 is 0 Å². The van der Waals surface area contributed by atoms with Crippen LogP contribution in [0.3, 0.4) is 0 Å². The van der Waals surface area contributed by atoms with Crippen LogP contribution in [-0.2, 0) is 0 Å². The molecule has 0 saturated carbocycles. The fourth-order valence-corrected chi connectivity index (χ4v) is 2.56. The Morgan fingerprint density at radius 3 is 2.31 bits per heavy atom. The molecular formula is C13H29N3. The summed E-state index contributed by atoms with van der Waals surface area (Å²) in [7, 11) is 2.22. The molecule has 0 unspecified atom stereocenters. The zero-order chi connectivity index (χ0) is 12.0. The molecule has 1 fully saturated rings. The van der Waals surface area contributed by atoms with Gasteiger partial charge in [0.05, 0.1) is 0 Å². The molecule has 0 aromatic heterocycles. The fraction of sp³-hybridized carbons (Fsp3) is 1.00. The van der Waals surface area contributed by atoms with Crippen LogP contribution in [-0.4, -0.2) is 56.1 Å². The van der Waals surface area contributed by atoms with Crippen LogP contribution in [0.4, 0.5) is 0 Å². The lowest BCUT2D eigenvalue weighted by Crippen LogP contribution is -2.43. The van der Waals surface area contributed by atoms with Gasteiger partial charge in [-0.1, -0.05) is 13.8 Å². The van der Waals surface area contributed by atoms with Gasteiger partial charge >= 0.3 is 0 Å². The Morgan fingerprint density at radius 1 is 1.06 bits per heavy atom. The van der Waals surface area contributed by atoms with Gasteiger partial charge in [0.15, 0.2) is 0 Å². The Labute approximate surface area is 101 Å². The van der Waals surface area contributed by atoms with Crippen molar-refractivity contribution in [1.29, 1.82) is 0 Å². The highest BCUT2D eigenvalue weighted by Gasteiger charge is 2.27. The van der Waals surface area contributed by atoms with Crippen molar-refractivity contribution in [3.8, 4) is 0 Å². The van der Waals surface area contributed by atoms with E-state index in [9.17, 15) is 0 Å². The molecule has 3 nitrogen and oxygen atoms in total. The minimum absolute atomic E-state index is 0.350. The van der Waals surface area contributed by atoms with Gasteiger partial charge < -0.3 is 15.5 Å². The monoisotopic (exact) mass is 227 g/mol. The van der Waals surface area contributed by atoms with Crippen molar-refractivity contribution in [2.24, 2.45) is 11.1 Å². The van der Waals surface area contributed by atoms with Crippen molar-refractivity contribution in [2.45, 2.75) is 33.1 Å². The first-order valence-corrected chi connectivity index (χ1v) is 6.77. The molecule has 0 aliphatic carbocycles. The third-order valence-electron chi connectivity index (χ3n) is 4.30. The largest absolute Gasteiger partial charge is 0.330 e. The van der Waals surface area contributed by atoms with Crippen LogP contribution in [0.5, 0.6) is 0 Å². The van der Waals surface area contributed by atoms with E-state index in [1.807, 2.05) is 0 Å². The van der Waals surface area contributed by atoms with Crippen molar-refractivity contribution < 1.29 is 0 Å². The summed E-state index contributed by atoms with van der Waals surface area (Å²) in [6.07, 6.45) is 3.70. The zero-order valence-electron chi connectivity index (χ0n) is 11.3. The van der Waals surface area contributed by atoms with E-state index in [2.05, 4.69) is 30.7 Å². The standard InChI is InChI=1S/C13H29N3/c1-4-13(5-2,11-14)12-16-8-6-7-15(3)9-10-16/h4-12,14H2,1-3H3. The van der Waals surface area contributed by atoms with Crippen LogP contribution in [0.15, 0.2) is 0 Å². The van der Waals surface area contributed by atoms with Gasteiger partial charge in [0, 0.05) is 19.6 Å². The van der Waals surface area contributed by atoms with Gasteiger partial charge in [0.2, 0.25) is 0 Å². The van der Waals surface area contributed by atoms with Gasteiger partial charge in [-0.15, -0.1) is 0 Å². The maximum atomic E-state index is 5.98. The smallest absolute Gasteiger partial charge is 0.0109 e. The lowest BCUT2D eigenvalue weighted by Gasteiger charge is -2.36. The summed E-state index contributed by atoms with van der Waals surface area (Å²) in [6.45, 7) is 11.5. The van der Waals surface area contributed by atoms with E-state index >= 15 is 0 Å². The minimum atomic E-state index is 0.350. The van der Waals surface area contributed by atoms with Gasteiger partial charge in [-0.25, -0.2) is 0 Å². The molecule has 0 amide bonds. The van der Waals surface area contributed by atoms with E-state index in [4.69, 9.17) is 5.73 Å². The maximum Gasteiger partial charge on any atom is 0.0109 e. The minimum Gasteiger partial charge on any atom is -0.330 e. The molecule has 1 rings (SSSR count). The molecule has 3 heteroatoms. The van der Waals surface area contributed by atoms with Crippen molar-refractivity contribution in [3.05, 3.63) is 0 Å². The number of nitrogens with two attached hydrogens (primary N) is 1. The van der Waals surface area contributed by atoms with Crippen molar-refractivity contribution in [3.63, 3.8) is 0 Å². The molecule has 0 aromatic carbocycles. The topological polar surface area (TPSA) is 32.5 Å². The van der Waals surface area contributed by atoms with E-state index in [1.165, 1.54) is 52.0 Å². The predicted molar refractivity (Wildman–Crippen MR) is 70.6 cm³/mol. The first kappa shape index (κ1) is 13.9. The molecule has 0 radical (unpaired) electrons. The first-order valence-electron chi connectivity index (χ1n) is 6.77. The molecule has 1 aliphatic rings. The van der Waals surface area contributed by atoms with Crippen molar-refractivity contribution >= 4 is 0 Å². The van der Waals surface area contributed by atoms with Crippen LogP contribution in [0.2, 0.25) is 0 Å². The number of rotatable bonds is 5. The molecule has 0 atom stereocenters. The SMILES string of the molecule is CCC(CC)(CN)CN1CCCN(C)CC1. The van der Waals surface area contributed by atoms with Crippen LogP contribution in [0.1, 0.15) is 33.1 Å². The maximum absolute atomic E-state index is 5.98. The van der Waals surface area contributed by atoms with E-state index in [0.717, 1.165) is 6.54 Å². The quantitative estimate of drug-likeness (QED) is 0.770. The van der Waals surface area contributed by atoms with Crippen LogP contribution < -0.4 is 5.73 Å². The first-order chi connectivity index (χ1) is 7.65. The summed E-state index contributed by atoms with van der Waals surface area (Å²) in [5.74, 6) is 0. The van der Waals surface area contributed by atoms with E-state index in [-0.39, 0.29) is 0 Å². The molecule has 2 N–H and O–H groups in total. The Morgan fingerprint density at radius 2 is 1.75 bits per heavy atom. The van der Waals surface area contributed by atoms with Crippen molar-refractivity contribution in [2.75, 3.05) is 46.3 Å². The second-order valence-corrected chi connectivity index (χ2v) is 5.34. The third-order valence-corrected chi connectivity index (χ3v) is 4.30. The molecule has 1 aliphatic heterocycles. The lowest BCUT2D eigenvalue weighted by atomic mass is 9.82. The van der Waals surface area contributed by atoms with E-state index < -0.39 is 0 Å². The lowest BCUT2D eigenvalue weighted by molar-refractivity contribution is 0.147. The Balaban J connectivity index is 2.50. The summed E-state index contributed by atoms with van der Waals surface area (Å²) in [4.78, 5) is 5.05. The zero-order valence-corrected chi connectivity index (χ0v) is 11.3. The Hall–Kier alpha value is -0.120. The average molecular weight is 227 g/mol. The summed E-state index contributed by atoms with van der Waals surface area (Å²) in [6, 6.07) is 0. The number of hydrogen-bond donors (Lipinski definition) is 1. The molecule has 0 bridgehead atoms. The number of likely N-dealkylation sites (N-methyl/N-ethyl adjacent to an activating group) is 1. The predicted octanol–water partition coefficient (Wildman–Crippen LogP) is 1.39. The van der Waals surface area contributed by atoms with Crippen LogP contribution in [0.25, 0.3) is 0 Å². The molecule has 1 heterocycles. The molecular weight excluding hydrogens is 198 g/mol. The average Bonchev–Trinajstić information content (AvgIpc) is 2.51. The van der Waals surface area contributed by atoms with E-state index in [1.54, 1.807) is 0 Å². The second-order valence-electron chi connectivity index (χ2n) is 5.34. The second kappa shape index (κ2) is 6.58. The molecule has 16 heavy (non-hydrogen) atoms. The van der Waals surface area contributed by atoms with Crippen molar-refractivity contribution in [1.82, 2.24) is 9.80 Å². The molecule has 0 aromatic rings. The van der Waals surface area contributed by atoms with Gasteiger partial charge in [-0.3, -0.25) is 0 Å². The summed E-state index contributed by atoms with van der Waals surface area (Å²) in [5.41, 5.74) is 6.33. The molecule has 96 valence electrons. The summed E-state index contributed by atoms with van der Waals surface area (Å²) < 4.78 is 0. The summed E-state index contributed by atoms with van der Waals surface area (Å²) >= 11 is 0. The third kappa shape index (κ3) is 3.72. The fourth-order valence-electron chi connectivity index (χ4n) is 2.56.